The SMILES string of the molecule is CN1CCOC(CNS(=O)(=O)c2ccc(Br)cc2F)C1. The van der Waals surface area contributed by atoms with E-state index in [0.717, 1.165) is 12.6 Å². The van der Waals surface area contributed by atoms with Gasteiger partial charge >= 0.3 is 0 Å². The van der Waals surface area contributed by atoms with Crippen LogP contribution in [0.5, 0.6) is 0 Å². The first-order valence-corrected chi connectivity index (χ1v) is 8.41. The average Bonchev–Trinajstić information content (AvgIpc) is 2.36. The molecule has 20 heavy (non-hydrogen) atoms. The molecule has 1 heterocycles. The van der Waals surface area contributed by atoms with Crippen molar-refractivity contribution in [3.8, 4) is 0 Å². The van der Waals surface area contributed by atoms with Crippen molar-refractivity contribution in [3.63, 3.8) is 0 Å². The topological polar surface area (TPSA) is 58.6 Å². The summed E-state index contributed by atoms with van der Waals surface area (Å²) in [5.41, 5.74) is 0. The van der Waals surface area contributed by atoms with Crippen molar-refractivity contribution in [2.45, 2.75) is 11.0 Å². The minimum Gasteiger partial charge on any atom is -0.374 e. The first-order chi connectivity index (χ1) is 9.38. The lowest BCUT2D eigenvalue weighted by molar-refractivity contribution is -0.0156. The molecule has 8 heteroatoms. The van der Waals surface area contributed by atoms with E-state index < -0.39 is 15.8 Å². The summed E-state index contributed by atoms with van der Waals surface area (Å²) >= 11 is 3.09. The number of rotatable bonds is 4. The summed E-state index contributed by atoms with van der Waals surface area (Å²) in [6, 6.07) is 3.84. The number of nitrogens with zero attached hydrogens (tertiary/aromatic N) is 1. The van der Waals surface area contributed by atoms with Gasteiger partial charge in [-0.25, -0.2) is 17.5 Å². The van der Waals surface area contributed by atoms with Crippen molar-refractivity contribution in [1.82, 2.24) is 9.62 Å². The number of likely N-dealkylation sites (N-methyl/N-ethyl adjacent to an activating group) is 1. The molecule has 0 saturated carbocycles. The van der Waals surface area contributed by atoms with Crippen molar-refractivity contribution < 1.29 is 17.5 Å². The predicted octanol–water partition coefficient (Wildman–Crippen LogP) is 1.20. The van der Waals surface area contributed by atoms with E-state index in [1.165, 1.54) is 12.1 Å². The largest absolute Gasteiger partial charge is 0.374 e. The molecule has 0 spiro atoms. The van der Waals surface area contributed by atoms with Gasteiger partial charge in [-0.05, 0) is 25.2 Å². The number of nitrogens with one attached hydrogen (secondary N) is 1. The summed E-state index contributed by atoms with van der Waals surface area (Å²) in [6.07, 6.45) is -0.220. The molecule has 0 bridgehead atoms. The second-order valence-corrected chi connectivity index (χ2v) is 7.33. The summed E-state index contributed by atoms with van der Waals surface area (Å²) in [4.78, 5) is 1.70. The van der Waals surface area contributed by atoms with E-state index in [1.54, 1.807) is 0 Å². The van der Waals surface area contributed by atoms with Gasteiger partial charge in [-0.15, -0.1) is 0 Å². The van der Waals surface area contributed by atoms with Gasteiger partial charge in [-0.2, -0.15) is 0 Å². The molecule has 1 unspecified atom stereocenters. The minimum atomic E-state index is -3.87. The van der Waals surface area contributed by atoms with E-state index in [9.17, 15) is 12.8 Å². The van der Waals surface area contributed by atoms with Crippen LogP contribution in [0, 0.1) is 5.82 Å². The van der Waals surface area contributed by atoms with Crippen molar-refractivity contribution in [1.29, 1.82) is 0 Å². The second kappa shape index (κ2) is 6.48. The van der Waals surface area contributed by atoms with Crippen molar-refractivity contribution in [2.75, 3.05) is 33.3 Å². The lowest BCUT2D eigenvalue weighted by Crippen LogP contribution is -2.45. The maximum Gasteiger partial charge on any atom is 0.243 e. The van der Waals surface area contributed by atoms with Crippen LogP contribution in [0.3, 0.4) is 0 Å². The van der Waals surface area contributed by atoms with E-state index in [2.05, 4.69) is 25.6 Å². The molecule has 0 radical (unpaired) electrons. The van der Waals surface area contributed by atoms with Crippen molar-refractivity contribution in [2.24, 2.45) is 0 Å². The molecule has 1 aliphatic heterocycles. The van der Waals surface area contributed by atoms with Gasteiger partial charge < -0.3 is 9.64 Å². The molecule has 1 N–H and O–H groups in total. The number of halogens is 2. The summed E-state index contributed by atoms with van der Waals surface area (Å²) in [5.74, 6) is -0.784. The number of hydrogen-bond acceptors (Lipinski definition) is 4. The van der Waals surface area contributed by atoms with E-state index >= 15 is 0 Å². The molecule has 1 fully saturated rings. The Bertz CT molecular complexity index is 582. The first-order valence-electron chi connectivity index (χ1n) is 6.13. The monoisotopic (exact) mass is 366 g/mol. The zero-order valence-corrected chi connectivity index (χ0v) is 13.4. The highest BCUT2D eigenvalue weighted by Crippen LogP contribution is 2.19. The van der Waals surface area contributed by atoms with Gasteiger partial charge in [-0.3, -0.25) is 0 Å². The van der Waals surface area contributed by atoms with Gasteiger partial charge in [0.2, 0.25) is 10.0 Å². The maximum atomic E-state index is 13.7. The molecule has 1 aromatic rings. The van der Waals surface area contributed by atoms with Gasteiger partial charge in [0.25, 0.3) is 0 Å². The van der Waals surface area contributed by atoms with Crippen LogP contribution in [0.25, 0.3) is 0 Å². The van der Waals surface area contributed by atoms with Gasteiger partial charge in [-0.1, -0.05) is 15.9 Å². The van der Waals surface area contributed by atoms with Crippen LogP contribution in [0.2, 0.25) is 0 Å². The fourth-order valence-corrected chi connectivity index (χ4v) is 3.42. The third-order valence-electron chi connectivity index (χ3n) is 3.03. The lowest BCUT2D eigenvalue weighted by Gasteiger charge is -2.30. The molecule has 0 aromatic heterocycles. The molecule has 1 aliphatic rings. The number of ether oxygens (including phenoxy) is 1. The maximum absolute atomic E-state index is 13.7. The summed E-state index contributed by atoms with van der Waals surface area (Å²) in [7, 11) is -1.93. The van der Waals surface area contributed by atoms with Crippen LogP contribution in [0.4, 0.5) is 4.39 Å². The standard InChI is InChI=1S/C12H16BrFN2O3S/c1-16-4-5-19-10(8-16)7-15-20(17,18)12-3-2-9(13)6-11(12)14/h2-3,6,10,15H,4-5,7-8H2,1H3. The van der Waals surface area contributed by atoms with E-state index in [1.807, 2.05) is 7.05 Å². The molecule has 1 aromatic carbocycles. The third-order valence-corrected chi connectivity index (χ3v) is 4.98. The van der Waals surface area contributed by atoms with Crippen LogP contribution in [0.1, 0.15) is 0 Å². The van der Waals surface area contributed by atoms with E-state index in [-0.39, 0.29) is 17.5 Å². The van der Waals surface area contributed by atoms with Crippen LogP contribution in [-0.2, 0) is 14.8 Å². The van der Waals surface area contributed by atoms with Crippen LogP contribution in [0.15, 0.2) is 27.6 Å². The Kier molecular flexibility index (Phi) is 5.14. The zero-order valence-electron chi connectivity index (χ0n) is 11.0. The van der Waals surface area contributed by atoms with Crippen LogP contribution >= 0.6 is 15.9 Å². The highest BCUT2D eigenvalue weighted by Gasteiger charge is 2.23. The second-order valence-electron chi connectivity index (χ2n) is 4.68. The van der Waals surface area contributed by atoms with Crippen LogP contribution < -0.4 is 4.72 Å². The highest BCUT2D eigenvalue weighted by molar-refractivity contribution is 9.10. The summed E-state index contributed by atoms with van der Waals surface area (Å²) < 4.78 is 46.1. The smallest absolute Gasteiger partial charge is 0.243 e. The van der Waals surface area contributed by atoms with E-state index in [0.29, 0.717) is 17.6 Å². The Labute approximate surface area is 126 Å². The molecule has 112 valence electrons. The van der Waals surface area contributed by atoms with E-state index in [4.69, 9.17) is 4.74 Å². The number of hydrogen-bond donors (Lipinski definition) is 1. The fraction of sp³-hybridized carbons (Fsp3) is 0.500. The molecule has 0 amide bonds. The molecule has 1 atom stereocenters. The zero-order chi connectivity index (χ0) is 14.8. The number of morpholine rings is 1. The van der Waals surface area contributed by atoms with Gasteiger partial charge in [0, 0.05) is 24.1 Å². The Balaban J connectivity index is 2.03. The minimum absolute atomic E-state index is 0.127. The van der Waals surface area contributed by atoms with Crippen LogP contribution in [-0.4, -0.2) is 52.7 Å². The Hall–Kier alpha value is -0.540. The first kappa shape index (κ1) is 15.8. The molecule has 1 saturated heterocycles. The number of sulfonamides is 1. The normalized spacial score (nSPS) is 21.1. The predicted molar refractivity (Wildman–Crippen MR) is 76.5 cm³/mol. The highest BCUT2D eigenvalue weighted by atomic mass is 79.9. The lowest BCUT2D eigenvalue weighted by atomic mass is 10.3. The number of benzene rings is 1. The molecular weight excluding hydrogens is 351 g/mol. The Morgan fingerprint density at radius 2 is 2.30 bits per heavy atom. The van der Waals surface area contributed by atoms with Gasteiger partial charge in [0.05, 0.1) is 12.7 Å². The molecule has 5 nitrogen and oxygen atoms in total. The van der Waals surface area contributed by atoms with Gasteiger partial charge in [0.1, 0.15) is 10.7 Å². The molecule has 0 aliphatic carbocycles. The molecular formula is C12H16BrFN2O3S. The average molecular weight is 367 g/mol. The van der Waals surface area contributed by atoms with Gasteiger partial charge in [0.15, 0.2) is 0 Å². The molecule has 2 rings (SSSR count). The fourth-order valence-electron chi connectivity index (χ4n) is 1.96. The van der Waals surface area contributed by atoms with Crippen molar-refractivity contribution in [3.05, 3.63) is 28.5 Å². The Morgan fingerprint density at radius 1 is 1.55 bits per heavy atom. The Morgan fingerprint density at radius 3 is 2.95 bits per heavy atom. The quantitative estimate of drug-likeness (QED) is 0.869. The summed E-state index contributed by atoms with van der Waals surface area (Å²) in [6.45, 7) is 2.16. The third kappa shape index (κ3) is 3.98. The van der Waals surface area contributed by atoms with Crippen molar-refractivity contribution >= 4 is 26.0 Å². The summed E-state index contributed by atoms with van der Waals surface area (Å²) in [5, 5.41) is 0.